The summed E-state index contributed by atoms with van der Waals surface area (Å²) in [6.07, 6.45) is 9.08. The molecule has 0 amide bonds. The predicted molar refractivity (Wildman–Crippen MR) is 111 cm³/mol. The molecule has 0 unspecified atom stereocenters. The molecule has 0 radical (unpaired) electrons. The van der Waals surface area contributed by atoms with Crippen molar-refractivity contribution in [1.29, 1.82) is 0 Å². The second-order valence-corrected chi connectivity index (χ2v) is 9.89. The molecular formula is C26H30O3. The van der Waals surface area contributed by atoms with Crippen molar-refractivity contribution in [2.24, 2.45) is 17.3 Å². The minimum atomic E-state index is -0.389. The lowest BCUT2D eigenvalue weighted by molar-refractivity contribution is -0.233. The van der Waals surface area contributed by atoms with E-state index in [9.17, 15) is 4.79 Å². The van der Waals surface area contributed by atoms with Gasteiger partial charge in [-0.25, -0.2) is 0 Å². The monoisotopic (exact) mass is 390 g/mol. The normalized spacial score (nSPS) is 37.9. The molecule has 1 aromatic carbocycles. The molecule has 1 saturated heterocycles. The molecule has 0 bridgehead atoms. The van der Waals surface area contributed by atoms with Crippen molar-refractivity contribution in [2.75, 3.05) is 13.2 Å². The van der Waals surface area contributed by atoms with Gasteiger partial charge in [-0.15, -0.1) is 0 Å². The van der Waals surface area contributed by atoms with Crippen LogP contribution in [0, 0.1) is 17.3 Å². The lowest BCUT2D eigenvalue weighted by Gasteiger charge is -2.54. The summed E-state index contributed by atoms with van der Waals surface area (Å²) in [5.41, 5.74) is 5.96. The Balaban J connectivity index is 1.53. The Bertz CT molecular complexity index is 905. The van der Waals surface area contributed by atoms with E-state index in [1.165, 1.54) is 23.1 Å². The lowest BCUT2D eigenvalue weighted by Crippen LogP contribution is -2.52. The van der Waals surface area contributed by atoms with E-state index in [1.807, 2.05) is 6.08 Å². The van der Waals surface area contributed by atoms with Crippen LogP contribution in [0.4, 0.5) is 0 Å². The molecule has 3 nitrogen and oxygen atoms in total. The molecule has 2 saturated carbocycles. The van der Waals surface area contributed by atoms with Gasteiger partial charge in [0, 0.05) is 24.2 Å². The molecule has 4 aliphatic carbocycles. The van der Waals surface area contributed by atoms with Gasteiger partial charge in [-0.1, -0.05) is 42.8 Å². The number of fused-ring (bicyclic) bond motifs is 5. The van der Waals surface area contributed by atoms with Gasteiger partial charge in [0.1, 0.15) is 0 Å². The summed E-state index contributed by atoms with van der Waals surface area (Å²) in [5, 5.41) is 0. The third-order valence-corrected chi connectivity index (χ3v) is 8.73. The summed E-state index contributed by atoms with van der Waals surface area (Å²) in [6.45, 7) is 3.90. The van der Waals surface area contributed by atoms with Crippen LogP contribution in [0.5, 0.6) is 0 Å². The smallest absolute Gasteiger partial charge is 0.174 e. The quantitative estimate of drug-likeness (QED) is 0.650. The maximum absolute atomic E-state index is 12.1. The van der Waals surface area contributed by atoms with E-state index in [2.05, 4.69) is 37.3 Å². The zero-order valence-corrected chi connectivity index (χ0v) is 17.3. The molecular weight excluding hydrogens is 360 g/mol. The summed E-state index contributed by atoms with van der Waals surface area (Å²) >= 11 is 0. The summed E-state index contributed by atoms with van der Waals surface area (Å²) in [6, 6.07) is 11.0. The van der Waals surface area contributed by atoms with E-state index in [4.69, 9.17) is 9.47 Å². The number of carbonyl (C=O) groups is 1. The first-order valence-electron chi connectivity index (χ1n) is 11.4. The van der Waals surface area contributed by atoms with Gasteiger partial charge in [0.25, 0.3) is 0 Å². The van der Waals surface area contributed by atoms with Crippen LogP contribution in [0.2, 0.25) is 0 Å². The van der Waals surface area contributed by atoms with Gasteiger partial charge in [-0.2, -0.15) is 0 Å². The zero-order chi connectivity index (χ0) is 19.6. The summed E-state index contributed by atoms with van der Waals surface area (Å²) in [5.74, 6) is 1.53. The van der Waals surface area contributed by atoms with Gasteiger partial charge in [0.2, 0.25) is 0 Å². The van der Waals surface area contributed by atoms with Crippen LogP contribution < -0.4 is 0 Å². The van der Waals surface area contributed by atoms with E-state index in [-0.39, 0.29) is 11.2 Å². The van der Waals surface area contributed by atoms with Crippen LogP contribution in [-0.4, -0.2) is 24.8 Å². The highest BCUT2D eigenvalue weighted by Crippen LogP contribution is 2.68. The average molecular weight is 391 g/mol. The highest BCUT2D eigenvalue weighted by molar-refractivity contribution is 5.93. The first kappa shape index (κ1) is 18.1. The molecule has 3 heteroatoms. The van der Waals surface area contributed by atoms with Gasteiger partial charge < -0.3 is 9.47 Å². The molecule has 152 valence electrons. The van der Waals surface area contributed by atoms with Crippen molar-refractivity contribution in [2.45, 2.75) is 63.6 Å². The minimum Gasteiger partial charge on any atom is -0.347 e. The number of ether oxygens (including phenoxy) is 2. The van der Waals surface area contributed by atoms with E-state index >= 15 is 0 Å². The lowest BCUT2D eigenvalue weighted by atomic mass is 9.52. The van der Waals surface area contributed by atoms with Gasteiger partial charge in [-0.05, 0) is 66.7 Å². The highest BCUT2D eigenvalue weighted by atomic mass is 16.7. The van der Waals surface area contributed by atoms with E-state index in [1.54, 1.807) is 5.57 Å². The molecule has 5 aliphatic rings. The number of hydrogen-bond donors (Lipinski definition) is 0. The van der Waals surface area contributed by atoms with Crippen LogP contribution in [0.1, 0.15) is 63.4 Å². The van der Waals surface area contributed by atoms with E-state index in [0.29, 0.717) is 30.0 Å². The van der Waals surface area contributed by atoms with Crippen molar-refractivity contribution in [3.63, 3.8) is 0 Å². The standard InChI is InChI=1S/C26H30O3/c1-25-16-22(17-5-3-2-4-6-17)24-20-10-8-19(27)15-18(20)7-9-21(24)23(25)11-12-26(25)28-13-14-29-26/h2-6,15,21-23H,7-14,16H2,1H3/t21-,22+,23-,25-/m0/s1. The molecule has 0 N–H and O–H groups in total. The molecule has 3 fully saturated rings. The fourth-order valence-electron chi connectivity index (χ4n) is 7.52. The van der Waals surface area contributed by atoms with Crippen LogP contribution in [0.25, 0.3) is 0 Å². The van der Waals surface area contributed by atoms with Crippen molar-refractivity contribution in [3.05, 3.63) is 58.7 Å². The summed E-state index contributed by atoms with van der Waals surface area (Å²) in [4.78, 5) is 12.1. The number of carbonyl (C=O) groups excluding carboxylic acids is 1. The van der Waals surface area contributed by atoms with E-state index in [0.717, 1.165) is 45.3 Å². The fourth-order valence-corrected chi connectivity index (χ4v) is 7.52. The Morgan fingerprint density at radius 3 is 2.59 bits per heavy atom. The Hall–Kier alpha value is -1.71. The first-order valence-corrected chi connectivity index (χ1v) is 11.4. The molecule has 1 heterocycles. The second-order valence-electron chi connectivity index (χ2n) is 9.89. The number of rotatable bonds is 1. The highest BCUT2D eigenvalue weighted by Gasteiger charge is 2.66. The number of ketones is 1. The molecule has 1 aliphatic heterocycles. The Morgan fingerprint density at radius 1 is 1.00 bits per heavy atom. The number of benzene rings is 1. The maximum atomic E-state index is 12.1. The Morgan fingerprint density at radius 2 is 1.79 bits per heavy atom. The van der Waals surface area contributed by atoms with Crippen LogP contribution >= 0.6 is 0 Å². The molecule has 29 heavy (non-hydrogen) atoms. The van der Waals surface area contributed by atoms with E-state index < -0.39 is 0 Å². The fraction of sp³-hybridized carbons (Fsp3) is 0.577. The third kappa shape index (κ3) is 2.47. The third-order valence-electron chi connectivity index (χ3n) is 8.73. The SMILES string of the molecule is C[C@]12C[C@H](c3ccccc3)C3=C4CCC(=O)C=C4CC[C@H]3[C@@H]1CCC21OCCO1. The minimum absolute atomic E-state index is 0.0461. The molecule has 6 rings (SSSR count). The molecule has 1 spiro atoms. The van der Waals surface area contributed by atoms with Crippen molar-refractivity contribution in [3.8, 4) is 0 Å². The van der Waals surface area contributed by atoms with Gasteiger partial charge in [0.15, 0.2) is 11.6 Å². The summed E-state index contributed by atoms with van der Waals surface area (Å²) in [7, 11) is 0. The largest absolute Gasteiger partial charge is 0.347 e. The van der Waals surface area contributed by atoms with Crippen LogP contribution in [0.15, 0.2) is 53.1 Å². The summed E-state index contributed by atoms with van der Waals surface area (Å²) < 4.78 is 12.7. The Kier molecular flexibility index (Phi) is 3.99. The topological polar surface area (TPSA) is 35.5 Å². The van der Waals surface area contributed by atoms with Gasteiger partial charge in [0.05, 0.1) is 13.2 Å². The second kappa shape index (κ2) is 6.39. The number of hydrogen-bond acceptors (Lipinski definition) is 3. The van der Waals surface area contributed by atoms with Gasteiger partial charge >= 0.3 is 0 Å². The maximum Gasteiger partial charge on any atom is 0.174 e. The van der Waals surface area contributed by atoms with Crippen molar-refractivity contribution < 1.29 is 14.3 Å². The van der Waals surface area contributed by atoms with Crippen molar-refractivity contribution in [1.82, 2.24) is 0 Å². The molecule has 1 aromatic rings. The molecule has 4 atom stereocenters. The number of allylic oxidation sites excluding steroid dienone is 4. The van der Waals surface area contributed by atoms with Crippen LogP contribution in [0.3, 0.4) is 0 Å². The zero-order valence-electron chi connectivity index (χ0n) is 17.3. The average Bonchev–Trinajstić information content (AvgIpc) is 3.34. The molecule has 0 aromatic heterocycles. The van der Waals surface area contributed by atoms with Crippen LogP contribution in [-0.2, 0) is 14.3 Å². The predicted octanol–water partition coefficient (Wildman–Crippen LogP) is 5.33. The van der Waals surface area contributed by atoms with Crippen molar-refractivity contribution >= 4 is 5.78 Å². The Labute approximate surface area is 173 Å². The van der Waals surface area contributed by atoms with Gasteiger partial charge in [-0.3, -0.25) is 4.79 Å². The first-order chi connectivity index (χ1) is 14.1.